The van der Waals surface area contributed by atoms with Crippen molar-refractivity contribution in [1.82, 2.24) is 4.90 Å². The van der Waals surface area contributed by atoms with Gasteiger partial charge in [0.15, 0.2) is 11.5 Å². The molecule has 6 nitrogen and oxygen atoms in total. The van der Waals surface area contributed by atoms with E-state index in [1.165, 1.54) is 0 Å². The summed E-state index contributed by atoms with van der Waals surface area (Å²) in [6.07, 6.45) is 3.15. The second-order valence-corrected chi connectivity index (χ2v) is 6.91. The minimum atomic E-state index is -0.690. The Kier molecular flexibility index (Phi) is 5.37. The Labute approximate surface area is 148 Å². The average Bonchev–Trinajstić information content (AvgIpc) is 2.85. The smallest absolute Gasteiger partial charge is 0.310 e. The Morgan fingerprint density at radius 1 is 1.28 bits per heavy atom. The van der Waals surface area contributed by atoms with Gasteiger partial charge in [-0.15, -0.1) is 0 Å². The first-order valence-corrected chi connectivity index (χ1v) is 9.00. The Hall–Kier alpha value is -1.95. The van der Waals surface area contributed by atoms with Gasteiger partial charge in [0.05, 0.1) is 25.7 Å². The highest BCUT2D eigenvalue weighted by atomic mass is 16.5. The van der Waals surface area contributed by atoms with Crippen molar-refractivity contribution in [1.29, 1.82) is 0 Å². The van der Waals surface area contributed by atoms with Crippen LogP contribution in [0.4, 0.5) is 0 Å². The molecule has 2 aliphatic heterocycles. The van der Waals surface area contributed by atoms with E-state index in [0.29, 0.717) is 38.5 Å². The molecule has 1 aromatic rings. The molecular formula is C19H27NO5. The molecule has 1 fully saturated rings. The molecule has 0 aromatic heterocycles. The molecule has 0 radical (unpaired) electrons. The number of carboxylic acids is 1. The predicted octanol–water partition coefficient (Wildman–Crippen LogP) is 2.93. The van der Waals surface area contributed by atoms with Gasteiger partial charge in [0.25, 0.3) is 0 Å². The predicted molar refractivity (Wildman–Crippen MR) is 93.5 cm³/mol. The van der Waals surface area contributed by atoms with Crippen LogP contribution < -0.4 is 14.2 Å². The van der Waals surface area contributed by atoms with E-state index in [4.69, 9.17) is 14.2 Å². The first kappa shape index (κ1) is 17.9. The Balaban J connectivity index is 1.82. The van der Waals surface area contributed by atoms with Crippen LogP contribution in [-0.4, -0.2) is 49.4 Å². The quantitative estimate of drug-likeness (QED) is 0.881. The lowest BCUT2D eigenvalue weighted by molar-refractivity contribution is -0.153. The highest BCUT2D eigenvalue weighted by molar-refractivity contribution is 5.75. The van der Waals surface area contributed by atoms with E-state index in [0.717, 1.165) is 42.9 Å². The van der Waals surface area contributed by atoms with Gasteiger partial charge in [-0.25, -0.2) is 0 Å². The molecule has 1 saturated heterocycles. The Morgan fingerprint density at radius 2 is 2.00 bits per heavy atom. The van der Waals surface area contributed by atoms with Crippen molar-refractivity contribution in [2.45, 2.75) is 39.2 Å². The lowest BCUT2D eigenvalue weighted by Crippen LogP contribution is -2.47. The first-order chi connectivity index (χ1) is 12.1. The topological polar surface area (TPSA) is 68.2 Å². The molecule has 3 rings (SSSR count). The number of methoxy groups -OCH3 is 1. The highest BCUT2D eigenvalue weighted by Gasteiger charge is 2.40. The number of hydrogen-bond acceptors (Lipinski definition) is 5. The lowest BCUT2D eigenvalue weighted by Gasteiger charge is -2.39. The standard InChI is InChI=1S/C19H27NO5/c1-3-19(18(21)22)6-4-7-20(13-19)12-14-10-16-17(11-15(14)23-2)25-9-5-8-24-16/h10-11H,3-9,12-13H2,1-2H3,(H,21,22). The van der Waals surface area contributed by atoms with Crippen molar-refractivity contribution < 1.29 is 24.1 Å². The molecule has 0 bridgehead atoms. The SMILES string of the molecule is CCC1(C(=O)O)CCCN(Cc2cc3c(cc2OC)OCCCO3)C1. The fourth-order valence-electron chi connectivity index (χ4n) is 3.76. The number of fused-ring (bicyclic) bond motifs is 1. The number of ether oxygens (including phenoxy) is 3. The molecule has 0 amide bonds. The summed E-state index contributed by atoms with van der Waals surface area (Å²) >= 11 is 0. The van der Waals surface area contributed by atoms with Crippen LogP contribution >= 0.6 is 0 Å². The molecule has 6 heteroatoms. The summed E-state index contributed by atoms with van der Waals surface area (Å²) in [4.78, 5) is 14.0. The summed E-state index contributed by atoms with van der Waals surface area (Å²) < 4.78 is 17.0. The molecule has 1 atom stereocenters. The fourth-order valence-corrected chi connectivity index (χ4v) is 3.76. The number of carboxylic acid groups (broad SMARTS) is 1. The number of benzene rings is 1. The third-order valence-electron chi connectivity index (χ3n) is 5.33. The van der Waals surface area contributed by atoms with Crippen LogP contribution in [0, 0.1) is 5.41 Å². The van der Waals surface area contributed by atoms with Gasteiger partial charge in [-0.3, -0.25) is 9.69 Å². The van der Waals surface area contributed by atoms with Crippen molar-refractivity contribution in [2.75, 3.05) is 33.4 Å². The van der Waals surface area contributed by atoms with E-state index < -0.39 is 11.4 Å². The van der Waals surface area contributed by atoms with Gasteiger partial charge in [0, 0.05) is 31.1 Å². The van der Waals surface area contributed by atoms with E-state index in [9.17, 15) is 9.90 Å². The van der Waals surface area contributed by atoms with E-state index in [1.807, 2.05) is 19.1 Å². The number of rotatable bonds is 5. The number of aliphatic carboxylic acids is 1. The molecule has 0 aliphatic carbocycles. The van der Waals surface area contributed by atoms with Gasteiger partial charge in [-0.05, 0) is 31.9 Å². The Bertz CT molecular complexity index is 632. The number of likely N-dealkylation sites (tertiary alicyclic amines) is 1. The van der Waals surface area contributed by atoms with Gasteiger partial charge in [-0.1, -0.05) is 6.92 Å². The molecule has 138 valence electrons. The summed E-state index contributed by atoms with van der Waals surface area (Å²) in [5.74, 6) is 1.52. The lowest BCUT2D eigenvalue weighted by atomic mass is 9.77. The maximum Gasteiger partial charge on any atom is 0.310 e. The molecule has 1 aromatic carbocycles. The van der Waals surface area contributed by atoms with Gasteiger partial charge in [0.2, 0.25) is 0 Å². The van der Waals surface area contributed by atoms with Crippen molar-refractivity contribution in [3.8, 4) is 17.2 Å². The Morgan fingerprint density at radius 3 is 2.64 bits per heavy atom. The summed E-state index contributed by atoms with van der Waals surface area (Å²) in [7, 11) is 1.65. The minimum Gasteiger partial charge on any atom is -0.496 e. The summed E-state index contributed by atoms with van der Waals surface area (Å²) in [6.45, 7) is 5.35. The molecule has 0 spiro atoms. The van der Waals surface area contributed by atoms with E-state index in [2.05, 4.69) is 4.90 Å². The maximum atomic E-state index is 11.8. The molecule has 1 unspecified atom stereocenters. The third kappa shape index (κ3) is 3.68. The summed E-state index contributed by atoms with van der Waals surface area (Å²) in [5.41, 5.74) is 0.362. The van der Waals surface area contributed by atoms with Crippen molar-refractivity contribution >= 4 is 5.97 Å². The maximum absolute atomic E-state index is 11.8. The van der Waals surface area contributed by atoms with Gasteiger partial charge < -0.3 is 19.3 Å². The van der Waals surface area contributed by atoms with E-state index in [-0.39, 0.29) is 0 Å². The van der Waals surface area contributed by atoms with Crippen LogP contribution in [0.2, 0.25) is 0 Å². The zero-order valence-electron chi connectivity index (χ0n) is 15.0. The first-order valence-electron chi connectivity index (χ1n) is 9.00. The molecule has 0 saturated carbocycles. The van der Waals surface area contributed by atoms with E-state index >= 15 is 0 Å². The summed E-state index contributed by atoms with van der Waals surface area (Å²) in [6, 6.07) is 3.85. The monoisotopic (exact) mass is 349 g/mol. The molecule has 2 aliphatic rings. The normalized spacial score (nSPS) is 23.8. The average molecular weight is 349 g/mol. The number of nitrogens with zero attached hydrogens (tertiary/aromatic N) is 1. The second-order valence-electron chi connectivity index (χ2n) is 6.91. The van der Waals surface area contributed by atoms with Crippen LogP contribution in [0.25, 0.3) is 0 Å². The van der Waals surface area contributed by atoms with Gasteiger partial charge >= 0.3 is 5.97 Å². The van der Waals surface area contributed by atoms with E-state index in [1.54, 1.807) is 7.11 Å². The number of piperidine rings is 1. The molecule has 1 N–H and O–H groups in total. The van der Waals surface area contributed by atoms with Crippen molar-refractivity contribution in [3.05, 3.63) is 17.7 Å². The van der Waals surface area contributed by atoms with Crippen molar-refractivity contribution in [2.24, 2.45) is 5.41 Å². The fraction of sp³-hybridized carbons (Fsp3) is 0.632. The van der Waals surface area contributed by atoms with Crippen LogP contribution in [0.1, 0.15) is 38.2 Å². The van der Waals surface area contributed by atoms with Gasteiger partial charge in [0.1, 0.15) is 5.75 Å². The van der Waals surface area contributed by atoms with Crippen LogP contribution in [0.3, 0.4) is 0 Å². The number of carbonyl (C=O) groups is 1. The van der Waals surface area contributed by atoms with Crippen LogP contribution in [-0.2, 0) is 11.3 Å². The highest BCUT2D eigenvalue weighted by Crippen LogP contribution is 2.39. The largest absolute Gasteiger partial charge is 0.496 e. The van der Waals surface area contributed by atoms with Crippen LogP contribution in [0.15, 0.2) is 12.1 Å². The van der Waals surface area contributed by atoms with Gasteiger partial charge in [-0.2, -0.15) is 0 Å². The second kappa shape index (κ2) is 7.52. The zero-order chi connectivity index (χ0) is 17.9. The summed E-state index contributed by atoms with van der Waals surface area (Å²) in [5, 5.41) is 9.67. The molecule has 25 heavy (non-hydrogen) atoms. The van der Waals surface area contributed by atoms with Crippen molar-refractivity contribution in [3.63, 3.8) is 0 Å². The number of hydrogen-bond donors (Lipinski definition) is 1. The zero-order valence-corrected chi connectivity index (χ0v) is 15.0. The minimum absolute atomic E-state index is 0.566. The molecule has 2 heterocycles. The molecular weight excluding hydrogens is 322 g/mol. The third-order valence-corrected chi connectivity index (χ3v) is 5.33. The van der Waals surface area contributed by atoms with Crippen LogP contribution in [0.5, 0.6) is 17.2 Å².